The summed E-state index contributed by atoms with van der Waals surface area (Å²) in [5.74, 6) is -0.0861. The van der Waals surface area contributed by atoms with E-state index in [1.807, 2.05) is 6.92 Å². The van der Waals surface area contributed by atoms with Gasteiger partial charge in [0.1, 0.15) is 5.82 Å². The number of aliphatic hydroxyl groups excluding tert-OH is 1. The molecule has 0 aliphatic rings. The number of aromatic nitrogens is 2. The molecule has 0 radical (unpaired) electrons. The zero-order valence-electron chi connectivity index (χ0n) is 9.30. The highest BCUT2D eigenvalue weighted by Crippen LogP contribution is 2.06. The highest BCUT2D eigenvalue weighted by atomic mass is 16.5. The first kappa shape index (κ1) is 12.4. The van der Waals surface area contributed by atoms with Gasteiger partial charge in [0.05, 0.1) is 32.2 Å². The van der Waals surface area contributed by atoms with Gasteiger partial charge in [-0.25, -0.2) is 9.78 Å². The molecule has 0 aliphatic heterocycles. The lowest BCUT2D eigenvalue weighted by Crippen LogP contribution is -2.23. The Labute approximate surface area is 93.7 Å². The average molecular weight is 225 g/mol. The molecule has 0 aromatic carbocycles. The number of esters is 1. The maximum atomic E-state index is 11.2. The molecule has 16 heavy (non-hydrogen) atoms. The van der Waals surface area contributed by atoms with Crippen molar-refractivity contribution >= 4 is 11.8 Å². The minimum atomic E-state index is -0.534. The summed E-state index contributed by atoms with van der Waals surface area (Å²) >= 11 is 0. The summed E-state index contributed by atoms with van der Waals surface area (Å²) in [5.41, 5.74) is 0.139. The molecule has 2 N–H and O–H groups in total. The molecular weight excluding hydrogens is 210 g/mol. The van der Waals surface area contributed by atoms with Crippen LogP contribution in [0, 0.1) is 0 Å². The van der Waals surface area contributed by atoms with Crippen LogP contribution in [0.15, 0.2) is 12.4 Å². The third kappa shape index (κ3) is 3.16. The molecule has 1 unspecified atom stereocenters. The Kier molecular flexibility index (Phi) is 4.65. The average Bonchev–Trinajstić information content (AvgIpc) is 2.35. The third-order valence-electron chi connectivity index (χ3n) is 2.09. The number of hydrogen-bond donors (Lipinski definition) is 2. The fraction of sp³-hybridized carbons (Fsp3) is 0.500. The Hall–Kier alpha value is -1.69. The fourth-order valence-corrected chi connectivity index (χ4v) is 1.12. The number of carbonyl (C=O) groups excluding carboxylic acids is 1. The van der Waals surface area contributed by atoms with Crippen molar-refractivity contribution in [2.45, 2.75) is 19.4 Å². The van der Waals surface area contributed by atoms with Crippen LogP contribution in [0.3, 0.4) is 0 Å². The molecule has 1 atom stereocenters. The smallest absolute Gasteiger partial charge is 0.358 e. The van der Waals surface area contributed by atoms with E-state index in [1.165, 1.54) is 19.5 Å². The molecule has 6 nitrogen and oxygen atoms in total. The van der Waals surface area contributed by atoms with Crippen LogP contribution in [0.1, 0.15) is 23.8 Å². The van der Waals surface area contributed by atoms with E-state index in [1.54, 1.807) is 0 Å². The van der Waals surface area contributed by atoms with Crippen molar-refractivity contribution < 1.29 is 14.6 Å². The second-order valence-electron chi connectivity index (χ2n) is 3.21. The molecule has 0 aliphatic carbocycles. The Morgan fingerprint density at radius 2 is 2.38 bits per heavy atom. The van der Waals surface area contributed by atoms with Crippen molar-refractivity contribution in [3.05, 3.63) is 18.1 Å². The fourth-order valence-electron chi connectivity index (χ4n) is 1.12. The van der Waals surface area contributed by atoms with E-state index in [9.17, 15) is 4.79 Å². The Bertz CT molecular complexity index is 353. The topological polar surface area (TPSA) is 84.3 Å². The molecule has 0 saturated heterocycles. The summed E-state index contributed by atoms with van der Waals surface area (Å²) in [6, 6.07) is -0.0952. The lowest BCUT2D eigenvalue weighted by Gasteiger charge is -2.14. The number of carbonyl (C=O) groups is 1. The SMILES string of the molecule is CCC(CO)Nc1cncc(C(=O)OC)n1. The Balaban J connectivity index is 2.78. The van der Waals surface area contributed by atoms with Gasteiger partial charge in [0.15, 0.2) is 5.69 Å². The number of anilines is 1. The zero-order valence-corrected chi connectivity index (χ0v) is 9.30. The van der Waals surface area contributed by atoms with E-state index in [0.717, 1.165) is 6.42 Å². The van der Waals surface area contributed by atoms with Gasteiger partial charge in [0, 0.05) is 0 Å². The zero-order chi connectivity index (χ0) is 12.0. The van der Waals surface area contributed by atoms with Gasteiger partial charge in [-0.05, 0) is 6.42 Å². The number of hydrogen-bond acceptors (Lipinski definition) is 6. The van der Waals surface area contributed by atoms with E-state index >= 15 is 0 Å². The lowest BCUT2D eigenvalue weighted by molar-refractivity contribution is 0.0593. The van der Waals surface area contributed by atoms with E-state index in [4.69, 9.17) is 5.11 Å². The number of nitrogens with zero attached hydrogens (tertiary/aromatic N) is 2. The third-order valence-corrected chi connectivity index (χ3v) is 2.09. The molecule has 0 bridgehead atoms. The van der Waals surface area contributed by atoms with Crippen molar-refractivity contribution in [1.82, 2.24) is 9.97 Å². The molecule has 1 aromatic rings. The van der Waals surface area contributed by atoms with Gasteiger partial charge in [-0.3, -0.25) is 4.98 Å². The van der Waals surface area contributed by atoms with Gasteiger partial charge in [0.25, 0.3) is 0 Å². The maximum absolute atomic E-state index is 11.2. The van der Waals surface area contributed by atoms with E-state index in [0.29, 0.717) is 5.82 Å². The van der Waals surface area contributed by atoms with Crippen molar-refractivity contribution in [2.75, 3.05) is 19.0 Å². The molecular formula is C10H15N3O3. The minimum Gasteiger partial charge on any atom is -0.464 e. The number of aliphatic hydroxyl groups is 1. The van der Waals surface area contributed by atoms with Crippen molar-refractivity contribution in [3.8, 4) is 0 Å². The Morgan fingerprint density at radius 1 is 1.62 bits per heavy atom. The predicted molar refractivity (Wildman–Crippen MR) is 58.2 cm³/mol. The number of ether oxygens (including phenoxy) is 1. The molecule has 0 fully saturated rings. The van der Waals surface area contributed by atoms with Crippen LogP contribution >= 0.6 is 0 Å². The second kappa shape index (κ2) is 6.02. The summed E-state index contributed by atoms with van der Waals surface area (Å²) in [4.78, 5) is 19.1. The largest absolute Gasteiger partial charge is 0.464 e. The van der Waals surface area contributed by atoms with Crippen LogP contribution in [-0.4, -0.2) is 40.8 Å². The van der Waals surface area contributed by atoms with Gasteiger partial charge in [-0.2, -0.15) is 0 Å². The van der Waals surface area contributed by atoms with E-state index in [2.05, 4.69) is 20.0 Å². The summed E-state index contributed by atoms with van der Waals surface area (Å²) in [6.45, 7) is 1.94. The van der Waals surface area contributed by atoms with Crippen LogP contribution in [0.4, 0.5) is 5.82 Å². The quantitative estimate of drug-likeness (QED) is 0.708. The van der Waals surface area contributed by atoms with E-state index in [-0.39, 0.29) is 18.3 Å². The first-order valence-corrected chi connectivity index (χ1v) is 4.99. The molecule has 1 aromatic heterocycles. The first-order chi connectivity index (χ1) is 7.71. The van der Waals surface area contributed by atoms with Gasteiger partial charge >= 0.3 is 5.97 Å². The normalized spacial score (nSPS) is 11.9. The first-order valence-electron chi connectivity index (χ1n) is 4.99. The molecule has 1 rings (SSSR count). The van der Waals surface area contributed by atoms with Crippen LogP contribution in [-0.2, 0) is 4.74 Å². The molecule has 1 heterocycles. The molecule has 6 heteroatoms. The van der Waals surface area contributed by atoms with Crippen LogP contribution in [0.25, 0.3) is 0 Å². The minimum absolute atomic E-state index is 0.000627. The summed E-state index contributed by atoms with van der Waals surface area (Å²) in [7, 11) is 1.28. The van der Waals surface area contributed by atoms with Crippen molar-refractivity contribution in [1.29, 1.82) is 0 Å². The molecule has 0 saturated carbocycles. The second-order valence-corrected chi connectivity index (χ2v) is 3.21. The molecule has 0 amide bonds. The molecule has 0 spiro atoms. The predicted octanol–water partition coefficient (Wildman–Crippen LogP) is 0.446. The molecule has 88 valence electrons. The van der Waals surface area contributed by atoms with Gasteiger partial charge < -0.3 is 15.2 Å². The summed E-state index contributed by atoms with van der Waals surface area (Å²) in [6.07, 6.45) is 3.57. The summed E-state index contributed by atoms with van der Waals surface area (Å²) < 4.78 is 4.53. The van der Waals surface area contributed by atoms with Crippen LogP contribution in [0.5, 0.6) is 0 Å². The number of nitrogens with one attached hydrogen (secondary N) is 1. The highest BCUT2D eigenvalue weighted by Gasteiger charge is 2.10. The van der Waals surface area contributed by atoms with Crippen LogP contribution < -0.4 is 5.32 Å². The van der Waals surface area contributed by atoms with Crippen molar-refractivity contribution in [3.63, 3.8) is 0 Å². The van der Waals surface area contributed by atoms with Gasteiger partial charge in [-0.1, -0.05) is 6.92 Å². The van der Waals surface area contributed by atoms with Gasteiger partial charge in [-0.15, -0.1) is 0 Å². The monoisotopic (exact) mass is 225 g/mol. The lowest BCUT2D eigenvalue weighted by atomic mass is 10.2. The van der Waals surface area contributed by atoms with E-state index < -0.39 is 5.97 Å². The Morgan fingerprint density at radius 3 is 2.94 bits per heavy atom. The summed E-state index contributed by atoms with van der Waals surface area (Å²) in [5, 5.41) is 12.0. The number of methoxy groups -OCH3 is 1. The van der Waals surface area contributed by atoms with Crippen LogP contribution in [0.2, 0.25) is 0 Å². The van der Waals surface area contributed by atoms with Crippen molar-refractivity contribution in [2.24, 2.45) is 0 Å². The highest BCUT2D eigenvalue weighted by molar-refractivity contribution is 5.87. The standard InChI is InChI=1S/C10H15N3O3/c1-3-7(6-14)12-9-5-11-4-8(13-9)10(15)16-2/h4-5,7,14H,3,6H2,1-2H3,(H,12,13). The number of rotatable bonds is 5. The maximum Gasteiger partial charge on any atom is 0.358 e. The van der Waals surface area contributed by atoms with Gasteiger partial charge in [0.2, 0.25) is 0 Å².